The first-order valence-corrected chi connectivity index (χ1v) is 3.98. The first kappa shape index (κ1) is 10.7. The highest BCUT2D eigenvalue weighted by atomic mass is 19.1. The second-order valence-electron chi connectivity index (χ2n) is 2.62. The lowest BCUT2D eigenvalue weighted by molar-refractivity contribution is -0.112. The van der Waals surface area contributed by atoms with Gasteiger partial charge < -0.3 is 10.4 Å². The average Bonchev–Trinajstić information content (AvgIpc) is 2.19. The Morgan fingerprint density at radius 3 is 2.87 bits per heavy atom. The third kappa shape index (κ3) is 2.81. The van der Waals surface area contributed by atoms with Crippen molar-refractivity contribution < 1.29 is 14.3 Å². The van der Waals surface area contributed by atoms with Crippen LogP contribution in [0, 0.1) is 17.1 Å². The van der Waals surface area contributed by atoms with Crippen LogP contribution >= 0.6 is 0 Å². The minimum Gasteiger partial charge on any atom is -0.514 e. The van der Waals surface area contributed by atoms with Gasteiger partial charge >= 0.3 is 0 Å². The van der Waals surface area contributed by atoms with Gasteiger partial charge in [0.1, 0.15) is 18.1 Å². The molecule has 0 aliphatic heterocycles. The Kier molecular flexibility index (Phi) is 3.41. The number of benzene rings is 1. The number of nitrogens with zero attached hydrogens (tertiary/aromatic N) is 1. The van der Waals surface area contributed by atoms with Gasteiger partial charge in [-0.15, -0.1) is 0 Å². The molecule has 0 saturated heterocycles. The molecule has 76 valence electrons. The number of aliphatic hydroxyl groups is 1. The van der Waals surface area contributed by atoms with Crippen molar-refractivity contribution in [2.75, 3.05) is 5.32 Å². The molecule has 5 heteroatoms. The van der Waals surface area contributed by atoms with E-state index in [0.717, 1.165) is 6.07 Å². The number of nitriles is 1. The molecule has 15 heavy (non-hydrogen) atoms. The number of aliphatic hydroxyl groups excluding tert-OH is 1. The fourth-order valence-electron chi connectivity index (χ4n) is 0.903. The van der Waals surface area contributed by atoms with E-state index in [1.54, 1.807) is 0 Å². The molecule has 2 N–H and O–H groups in total. The highest BCUT2D eigenvalue weighted by molar-refractivity contribution is 6.06. The van der Waals surface area contributed by atoms with Crippen molar-refractivity contribution in [2.45, 2.75) is 0 Å². The molecule has 0 heterocycles. The average molecular weight is 206 g/mol. The Morgan fingerprint density at radius 2 is 2.33 bits per heavy atom. The van der Waals surface area contributed by atoms with Gasteiger partial charge in [0, 0.05) is 5.69 Å². The van der Waals surface area contributed by atoms with Crippen LogP contribution in [-0.2, 0) is 4.79 Å². The molecule has 0 radical (unpaired) electrons. The van der Waals surface area contributed by atoms with Crippen LogP contribution in [0.3, 0.4) is 0 Å². The summed E-state index contributed by atoms with van der Waals surface area (Å²) in [6, 6.07) is 6.70. The molecule has 1 rings (SSSR count). The van der Waals surface area contributed by atoms with Gasteiger partial charge in [-0.3, -0.25) is 4.79 Å². The lowest BCUT2D eigenvalue weighted by Gasteiger charge is -2.02. The van der Waals surface area contributed by atoms with Gasteiger partial charge in [0.05, 0.1) is 0 Å². The Balaban J connectivity index is 2.80. The number of halogens is 1. The molecule has 0 atom stereocenters. The molecule has 0 aromatic heterocycles. The van der Waals surface area contributed by atoms with Gasteiger partial charge in [-0.2, -0.15) is 5.26 Å². The monoisotopic (exact) mass is 206 g/mol. The number of rotatable bonds is 2. The lowest BCUT2D eigenvalue weighted by Crippen LogP contribution is -2.13. The van der Waals surface area contributed by atoms with E-state index < -0.39 is 17.3 Å². The van der Waals surface area contributed by atoms with Crippen molar-refractivity contribution in [3.05, 3.63) is 41.9 Å². The SMILES string of the molecule is N#C/C(=C\O)C(=O)Nc1cccc(F)c1. The van der Waals surface area contributed by atoms with Crippen molar-refractivity contribution in [2.24, 2.45) is 0 Å². The fourth-order valence-corrected chi connectivity index (χ4v) is 0.903. The zero-order chi connectivity index (χ0) is 11.3. The van der Waals surface area contributed by atoms with Crippen LogP contribution < -0.4 is 5.32 Å². The van der Waals surface area contributed by atoms with Crippen LogP contribution in [0.1, 0.15) is 0 Å². The van der Waals surface area contributed by atoms with Crippen LogP contribution in [0.4, 0.5) is 10.1 Å². The minimum absolute atomic E-state index is 0.217. The number of hydrogen-bond acceptors (Lipinski definition) is 3. The largest absolute Gasteiger partial charge is 0.514 e. The summed E-state index contributed by atoms with van der Waals surface area (Å²) in [7, 11) is 0. The van der Waals surface area contributed by atoms with Gasteiger partial charge in [-0.25, -0.2) is 4.39 Å². The van der Waals surface area contributed by atoms with Crippen LogP contribution in [0.15, 0.2) is 36.1 Å². The van der Waals surface area contributed by atoms with E-state index in [1.807, 2.05) is 0 Å². The van der Waals surface area contributed by atoms with E-state index in [4.69, 9.17) is 10.4 Å². The lowest BCUT2D eigenvalue weighted by atomic mass is 10.2. The van der Waals surface area contributed by atoms with E-state index in [2.05, 4.69) is 5.32 Å². The van der Waals surface area contributed by atoms with Crippen molar-refractivity contribution in [3.63, 3.8) is 0 Å². The fraction of sp³-hybridized carbons (Fsp3) is 0. The highest BCUT2D eigenvalue weighted by Gasteiger charge is 2.08. The molecule has 0 fully saturated rings. The summed E-state index contributed by atoms with van der Waals surface area (Å²) < 4.78 is 12.7. The molecular weight excluding hydrogens is 199 g/mol. The smallest absolute Gasteiger partial charge is 0.269 e. The number of carbonyl (C=O) groups is 1. The maximum atomic E-state index is 12.7. The molecular formula is C10H7FN2O2. The van der Waals surface area contributed by atoms with Gasteiger partial charge in [0.2, 0.25) is 0 Å². The first-order valence-electron chi connectivity index (χ1n) is 3.98. The van der Waals surface area contributed by atoms with Gasteiger partial charge in [-0.05, 0) is 18.2 Å². The summed E-state index contributed by atoms with van der Waals surface area (Å²) in [4.78, 5) is 11.2. The van der Waals surface area contributed by atoms with Crippen LogP contribution in [0.5, 0.6) is 0 Å². The van der Waals surface area contributed by atoms with Crippen LogP contribution in [-0.4, -0.2) is 11.0 Å². The van der Waals surface area contributed by atoms with Gasteiger partial charge in [0.15, 0.2) is 5.57 Å². The maximum absolute atomic E-state index is 12.7. The molecule has 0 spiro atoms. The molecule has 1 aromatic carbocycles. The summed E-state index contributed by atoms with van der Waals surface area (Å²) in [6.45, 7) is 0. The number of anilines is 1. The number of amides is 1. The molecule has 1 aromatic rings. The van der Waals surface area contributed by atoms with Crippen LogP contribution in [0.25, 0.3) is 0 Å². The topological polar surface area (TPSA) is 73.1 Å². The van der Waals surface area contributed by atoms with E-state index >= 15 is 0 Å². The normalized spacial score (nSPS) is 10.5. The van der Waals surface area contributed by atoms with E-state index in [9.17, 15) is 9.18 Å². The van der Waals surface area contributed by atoms with Crippen molar-refractivity contribution in [1.29, 1.82) is 5.26 Å². The molecule has 4 nitrogen and oxygen atoms in total. The summed E-state index contributed by atoms with van der Waals surface area (Å²) in [5, 5.41) is 19.2. The quantitative estimate of drug-likeness (QED) is 0.439. The summed E-state index contributed by atoms with van der Waals surface area (Å²) in [5.74, 6) is -1.29. The summed E-state index contributed by atoms with van der Waals surface area (Å²) >= 11 is 0. The van der Waals surface area contributed by atoms with Gasteiger partial charge in [0.25, 0.3) is 5.91 Å². The van der Waals surface area contributed by atoms with Crippen LogP contribution in [0.2, 0.25) is 0 Å². The molecule has 0 aliphatic rings. The molecule has 0 bridgehead atoms. The zero-order valence-corrected chi connectivity index (χ0v) is 7.57. The van der Waals surface area contributed by atoms with E-state index in [0.29, 0.717) is 6.26 Å². The summed E-state index contributed by atoms with van der Waals surface area (Å²) in [6.07, 6.45) is 0.397. The molecule has 1 amide bonds. The third-order valence-corrected chi connectivity index (χ3v) is 1.58. The zero-order valence-electron chi connectivity index (χ0n) is 7.57. The van der Waals surface area contributed by atoms with Crippen molar-refractivity contribution in [1.82, 2.24) is 0 Å². The Labute approximate surface area is 85.3 Å². The predicted molar refractivity (Wildman–Crippen MR) is 51.4 cm³/mol. The third-order valence-electron chi connectivity index (χ3n) is 1.58. The second kappa shape index (κ2) is 4.77. The van der Waals surface area contributed by atoms with E-state index in [1.165, 1.54) is 24.3 Å². The molecule has 0 unspecified atom stereocenters. The molecule has 0 saturated carbocycles. The number of carbonyl (C=O) groups excluding carboxylic acids is 1. The van der Waals surface area contributed by atoms with E-state index in [-0.39, 0.29) is 5.69 Å². The number of hydrogen-bond donors (Lipinski definition) is 2. The number of nitrogens with one attached hydrogen (secondary N) is 1. The van der Waals surface area contributed by atoms with Crippen molar-refractivity contribution >= 4 is 11.6 Å². The summed E-state index contributed by atoms with van der Waals surface area (Å²) in [5.41, 5.74) is -0.228. The first-order chi connectivity index (χ1) is 7.17. The van der Waals surface area contributed by atoms with Gasteiger partial charge in [-0.1, -0.05) is 6.07 Å². The standard InChI is InChI=1S/C10H7FN2O2/c11-8-2-1-3-9(4-8)13-10(15)7(5-12)6-14/h1-4,6,14H,(H,13,15)/b7-6+. The highest BCUT2D eigenvalue weighted by Crippen LogP contribution is 2.10. The Morgan fingerprint density at radius 1 is 1.60 bits per heavy atom. The second-order valence-corrected chi connectivity index (χ2v) is 2.62. The van der Waals surface area contributed by atoms with Crippen molar-refractivity contribution in [3.8, 4) is 6.07 Å². The predicted octanol–water partition coefficient (Wildman–Crippen LogP) is 1.73. The molecule has 0 aliphatic carbocycles. The maximum Gasteiger partial charge on any atom is 0.269 e. The Bertz CT molecular complexity index is 449. The Hall–Kier alpha value is -2.35. The minimum atomic E-state index is -0.786.